The summed E-state index contributed by atoms with van der Waals surface area (Å²) in [5.74, 6) is 0. The summed E-state index contributed by atoms with van der Waals surface area (Å²) >= 11 is 1.51. The van der Waals surface area contributed by atoms with Crippen molar-refractivity contribution in [1.29, 1.82) is 0 Å². The number of nitrogens with zero attached hydrogens (tertiary/aromatic N) is 1. The molecule has 20 heavy (non-hydrogen) atoms. The van der Waals surface area contributed by atoms with Crippen molar-refractivity contribution < 1.29 is 8.42 Å². The van der Waals surface area contributed by atoms with Crippen molar-refractivity contribution in [3.8, 4) is 0 Å². The zero-order valence-corrected chi connectivity index (χ0v) is 13.5. The lowest BCUT2D eigenvalue weighted by molar-refractivity contribution is 0.441. The summed E-state index contributed by atoms with van der Waals surface area (Å²) in [4.78, 5) is 1.48. The van der Waals surface area contributed by atoms with Crippen LogP contribution in [0.25, 0.3) is 0 Å². The highest BCUT2D eigenvalue weighted by molar-refractivity contribution is 7.89. The van der Waals surface area contributed by atoms with Crippen molar-refractivity contribution in [2.45, 2.75) is 43.7 Å². The van der Waals surface area contributed by atoms with Gasteiger partial charge in [-0.3, -0.25) is 0 Å². The van der Waals surface area contributed by atoms with E-state index in [9.17, 15) is 8.42 Å². The molecule has 0 spiro atoms. The van der Waals surface area contributed by atoms with Crippen molar-refractivity contribution in [2.75, 3.05) is 13.1 Å². The molecule has 1 saturated carbocycles. The Hall–Kier alpha value is -0.690. The Morgan fingerprint density at radius 1 is 1.55 bits per heavy atom. The van der Waals surface area contributed by atoms with Crippen LogP contribution in [0.2, 0.25) is 0 Å². The number of nitrogens with one attached hydrogen (secondary N) is 1. The van der Waals surface area contributed by atoms with Crippen LogP contribution in [-0.2, 0) is 16.6 Å². The summed E-state index contributed by atoms with van der Waals surface area (Å²) in [7, 11) is -3.38. The Labute approximate surface area is 125 Å². The van der Waals surface area contributed by atoms with Crippen LogP contribution >= 0.6 is 11.3 Å². The molecular formula is C14H22N2O2S2. The molecule has 1 fully saturated rings. The standard InChI is InChI=1S/C14H22N2O2S2/c1-3-7-16(8-4-2)20(17,18)14-9-13(19-11-14)10-15-12-5-6-12/h3,9,11-12,15H,1,4-8,10H2,2H3. The molecule has 0 aliphatic heterocycles. The van der Waals surface area contributed by atoms with Crippen LogP contribution in [0.5, 0.6) is 0 Å². The van der Waals surface area contributed by atoms with E-state index in [0.29, 0.717) is 24.0 Å². The smallest absolute Gasteiger partial charge is 0.244 e. The van der Waals surface area contributed by atoms with E-state index in [4.69, 9.17) is 0 Å². The molecular weight excluding hydrogens is 292 g/mol. The molecule has 0 unspecified atom stereocenters. The van der Waals surface area contributed by atoms with Crippen LogP contribution in [0.3, 0.4) is 0 Å². The molecule has 0 saturated heterocycles. The highest BCUT2D eigenvalue weighted by Crippen LogP contribution is 2.25. The Bertz CT molecular complexity index is 547. The fourth-order valence-corrected chi connectivity index (χ4v) is 4.69. The lowest BCUT2D eigenvalue weighted by atomic mass is 10.4. The van der Waals surface area contributed by atoms with E-state index < -0.39 is 10.0 Å². The molecule has 1 N–H and O–H groups in total. The van der Waals surface area contributed by atoms with E-state index in [0.717, 1.165) is 17.8 Å². The van der Waals surface area contributed by atoms with E-state index in [2.05, 4.69) is 11.9 Å². The van der Waals surface area contributed by atoms with E-state index >= 15 is 0 Å². The second-order valence-corrected chi connectivity index (χ2v) is 7.99. The molecule has 6 heteroatoms. The molecule has 112 valence electrons. The Morgan fingerprint density at radius 2 is 2.30 bits per heavy atom. The molecule has 1 aliphatic rings. The van der Waals surface area contributed by atoms with Gasteiger partial charge in [0.1, 0.15) is 0 Å². The Balaban J connectivity index is 2.08. The van der Waals surface area contributed by atoms with E-state index in [-0.39, 0.29) is 0 Å². The van der Waals surface area contributed by atoms with Gasteiger partial charge in [0.25, 0.3) is 0 Å². The molecule has 0 atom stereocenters. The molecule has 1 heterocycles. The van der Waals surface area contributed by atoms with Gasteiger partial charge in [-0.15, -0.1) is 17.9 Å². The fourth-order valence-electron chi connectivity index (χ4n) is 1.97. The molecule has 1 aromatic heterocycles. The minimum absolute atomic E-state index is 0.363. The van der Waals surface area contributed by atoms with Gasteiger partial charge in [0.2, 0.25) is 10.0 Å². The molecule has 1 aliphatic carbocycles. The third kappa shape index (κ3) is 3.91. The zero-order valence-electron chi connectivity index (χ0n) is 11.8. The second-order valence-electron chi connectivity index (χ2n) is 5.06. The van der Waals surface area contributed by atoms with Crippen molar-refractivity contribution in [2.24, 2.45) is 0 Å². The highest BCUT2D eigenvalue weighted by atomic mass is 32.2. The van der Waals surface area contributed by atoms with Crippen molar-refractivity contribution in [3.63, 3.8) is 0 Å². The van der Waals surface area contributed by atoms with Crippen LogP contribution in [0, 0.1) is 0 Å². The highest BCUT2D eigenvalue weighted by Gasteiger charge is 2.25. The summed E-state index contributed by atoms with van der Waals surface area (Å²) in [6.07, 6.45) is 4.91. The number of hydrogen-bond acceptors (Lipinski definition) is 4. The maximum Gasteiger partial charge on any atom is 0.244 e. The van der Waals surface area contributed by atoms with E-state index in [1.165, 1.54) is 28.5 Å². The summed E-state index contributed by atoms with van der Waals surface area (Å²) in [5, 5.41) is 5.14. The van der Waals surface area contributed by atoms with Gasteiger partial charge in [0, 0.05) is 35.9 Å². The largest absolute Gasteiger partial charge is 0.309 e. The first-order chi connectivity index (χ1) is 9.57. The third-order valence-corrected chi connectivity index (χ3v) is 6.14. The van der Waals surface area contributed by atoms with Gasteiger partial charge in [0.05, 0.1) is 4.90 Å². The average molecular weight is 314 g/mol. The average Bonchev–Trinajstić information content (AvgIpc) is 3.12. The minimum Gasteiger partial charge on any atom is -0.309 e. The minimum atomic E-state index is -3.38. The quantitative estimate of drug-likeness (QED) is 0.713. The van der Waals surface area contributed by atoms with Crippen LogP contribution in [-0.4, -0.2) is 31.9 Å². The fraction of sp³-hybridized carbons (Fsp3) is 0.571. The van der Waals surface area contributed by atoms with Gasteiger partial charge in [-0.05, 0) is 25.3 Å². The zero-order chi connectivity index (χ0) is 14.6. The summed E-state index contributed by atoms with van der Waals surface area (Å²) in [6.45, 7) is 7.27. The molecule has 4 nitrogen and oxygen atoms in total. The van der Waals surface area contributed by atoms with E-state index in [1.807, 2.05) is 6.92 Å². The predicted molar refractivity (Wildman–Crippen MR) is 83.4 cm³/mol. The van der Waals surface area contributed by atoms with Crippen LogP contribution in [0.15, 0.2) is 29.0 Å². The van der Waals surface area contributed by atoms with Gasteiger partial charge in [0.15, 0.2) is 0 Å². The lowest BCUT2D eigenvalue weighted by Gasteiger charge is -2.19. The summed E-state index contributed by atoms with van der Waals surface area (Å²) < 4.78 is 26.6. The number of sulfonamides is 1. The van der Waals surface area contributed by atoms with Gasteiger partial charge >= 0.3 is 0 Å². The van der Waals surface area contributed by atoms with Crippen LogP contribution in [0.4, 0.5) is 0 Å². The van der Waals surface area contributed by atoms with Crippen molar-refractivity contribution in [1.82, 2.24) is 9.62 Å². The number of hydrogen-bond donors (Lipinski definition) is 1. The first-order valence-electron chi connectivity index (χ1n) is 6.99. The van der Waals surface area contributed by atoms with Gasteiger partial charge < -0.3 is 5.32 Å². The molecule has 0 aromatic carbocycles. The number of rotatable bonds is 9. The Morgan fingerprint density at radius 3 is 2.90 bits per heavy atom. The third-order valence-electron chi connectivity index (χ3n) is 3.22. The molecule has 0 amide bonds. The summed E-state index contributed by atoms with van der Waals surface area (Å²) in [5.41, 5.74) is 0. The lowest BCUT2D eigenvalue weighted by Crippen LogP contribution is -2.31. The van der Waals surface area contributed by atoms with Crippen LogP contribution in [0.1, 0.15) is 31.1 Å². The van der Waals surface area contributed by atoms with Crippen molar-refractivity contribution >= 4 is 21.4 Å². The van der Waals surface area contributed by atoms with Gasteiger partial charge in [-0.2, -0.15) is 4.31 Å². The summed E-state index contributed by atoms with van der Waals surface area (Å²) in [6, 6.07) is 2.43. The van der Waals surface area contributed by atoms with Crippen LogP contribution < -0.4 is 5.32 Å². The molecule has 1 aromatic rings. The maximum atomic E-state index is 12.5. The molecule has 2 rings (SSSR count). The Kier molecular flexibility index (Phi) is 5.37. The van der Waals surface area contributed by atoms with Crippen molar-refractivity contribution in [3.05, 3.63) is 29.0 Å². The maximum absolute atomic E-state index is 12.5. The second kappa shape index (κ2) is 6.85. The molecule has 0 bridgehead atoms. The van der Waals surface area contributed by atoms with Gasteiger partial charge in [-0.1, -0.05) is 13.0 Å². The SMILES string of the molecule is C=CCN(CCC)S(=O)(=O)c1csc(CNC2CC2)c1. The van der Waals surface area contributed by atoms with Gasteiger partial charge in [-0.25, -0.2) is 8.42 Å². The predicted octanol–water partition coefficient (Wildman–Crippen LogP) is 2.59. The first-order valence-corrected chi connectivity index (χ1v) is 9.31. The van der Waals surface area contributed by atoms with E-state index in [1.54, 1.807) is 17.5 Å². The number of thiophene rings is 1. The first kappa shape index (κ1) is 15.7. The normalized spacial score (nSPS) is 15.7. The topological polar surface area (TPSA) is 49.4 Å². The monoisotopic (exact) mass is 314 g/mol. The molecule has 0 radical (unpaired) electrons.